The fourth-order valence-electron chi connectivity index (χ4n) is 3.70. The lowest BCUT2D eigenvalue weighted by molar-refractivity contribution is 0.670. The molecular formula is C30H34. The predicted octanol–water partition coefficient (Wildman–Crippen LogP) is 8.90. The second-order valence-electron chi connectivity index (χ2n) is 8.23. The van der Waals surface area contributed by atoms with E-state index in [1.54, 1.807) is 0 Å². The minimum Gasteiger partial charge on any atom is -0.0654 e. The van der Waals surface area contributed by atoms with Crippen LogP contribution >= 0.6 is 0 Å². The van der Waals surface area contributed by atoms with Crippen molar-refractivity contribution in [3.05, 3.63) is 112 Å². The van der Waals surface area contributed by atoms with Crippen LogP contribution in [-0.4, -0.2) is 0 Å². The summed E-state index contributed by atoms with van der Waals surface area (Å²) in [5, 5.41) is 0. The molecule has 0 amide bonds. The van der Waals surface area contributed by atoms with Crippen molar-refractivity contribution in [3.8, 4) is 0 Å². The summed E-state index contributed by atoms with van der Waals surface area (Å²) in [5.74, 6) is 0. The molecule has 3 aromatic rings. The fourth-order valence-corrected chi connectivity index (χ4v) is 3.70. The average molecular weight is 395 g/mol. The van der Waals surface area contributed by atoms with Gasteiger partial charge in [-0.2, -0.15) is 0 Å². The largest absolute Gasteiger partial charge is 0.0654 e. The predicted molar refractivity (Wildman–Crippen MR) is 133 cm³/mol. The highest BCUT2D eigenvalue weighted by Crippen LogP contribution is 2.31. The molecule has 0 fully saturated rings. The molecule has 154 valence electrons. The van der Waals surface area contributed by atoms with Crippen molar-refractivity contribution < 1.29 is 0 Å². The molecule has 30 heavy (non-hydrogen) atoms. The van der Waals surface area contributed by atoms with Crippen molar-refractivity contribution >= 4 is 17.7 Å². The fraction of sp³-hybridized carbons (Fsp3) is 0.267. The number of allylic oxidation sites excluding steroid dienone is 2. The van der Waals surface area contributed by atoms with E-state index in [0.717, 1.165) is 6.42 Å². The maximum Gasteiger partial charge on any atom is -0.0146 e. The Labute approximate surface area is 183 Å². The van der Waals surface area contributed by atoms with E-state index in [1.165, 1.54) is 64.6 Å². The van der Waals surface area contributed by atoms with Crippen LogP contribution < -0.4 is 0 Å². The van der Waals surface area contributed by atoms with Gasteiger partial charge in [-0.25, -0.2) is 0 Å². The maximum absolute atomic E-state index is 2.39. The third-order valence-corrected chi connectivity index (χ3v) is 5.54. The summed E-state index contributed by atoms with van der Waals surface area (Å²) < 4.78 is 0. The van der Waals surface area contributed by atoms with E-state index in [9.17, 15) is 0 Å². The van der Waals surface area contributed by atoms with Crippen molar-refractivity contribution in [1.29, 1.82) is 0 Å². The quantitative estimate of drug-likeness (QED) is 0.193. The van der Waals surface area contributed by atoms with Crippen LogP contribution in [0.5, 0.6) is 0 Å². The molecule has 3 aromatic carbocycles. The van der Waals surface area contributed by atoms with Crippen molar-refractivity contribution in [1.82, 2.24) is 0 Å². The number of unbranched alkanes of at least 4 members (excludes halogenated alkanes) is 3. The smallest absolute Gasteiger partial charge is 0.0146 e. The van der Waals surface area contributed by atoms with Crippen LogP contribution in [0.3, 0.4) is 0 Å². The summed E-state index contributed by atoms with van der Waals surface area (Å²) in [4.78, 5) is 0. The van der Waals surface area contributed by atoms with Crippen LogP contribution in [-0.2, 0) is 0 Å². The molecule has 0 aliphatic rings. The van der Waals surface area contributed by atoms with E-state index < -0.39 is 0 Å². The second-order valence-corrected chi connectivity index (χ2v) is 8.23. The van der Waals surface area contributed by atoms with E-state index in [-0.39, 0.29) is 0 Å². The first-order valence-electron chi connectivity index (χ1n) is 11.3. The van der Waals surface area contributed by atoms with Gasteiger partial charge in [0.2, 0.25) is 0 Å². The monoisotopic (exact) mass is 394 g/mol. The summed E-state index contributed by atoms with van der Waals surface area (Å²) in [7, 11) is 0. The first-order chi connectivity index (χ1) is 14.7. The van der Waals surface area contributed by atoms with Crippen LogP contribution in [0.2, 0.25) is 0 Å². The van der Waals surface area contributed by atoms with E-state index in [4.69, 9.17) is 0 Å². The SMILES string of the molecule is CCCCCCC(=C\c1ccc(C)cc1)/C(=C/c1ccc(C)cc1)c1ccccc1. The Morgan fingerprint density at radius 2 is 1.20 bits per heavy atom. The van der Waals surface area contributed by atoms with E-state index >= 15 is 0 Å². The van der Waals surface area contributed by atoms with E-state index in [2.05, 4.69) is 112 Å². The van der Waals surface area contributed by atoms with Gasteiger partial charge in [0.05, 0.1) is 0 Å². The summed E-state index contributed by atoms with van der Waals surface area (Å²) in [5.41, 5.74) is 9.16. The van der Waals surface area contributed by atoms with Gasteiger partial charge in [-0.05, 0) is 60.6 Å². The minimum atomic E-state index is 1.10. The molecule has 0 saturated heterocycles. The van der Waals surface area contributed by atoms with Gasteiger partial charge in [-0.3, -0.25) is 0 Å². The van der Waals surface area contributed by atoms with Gasteiger partial charge in [-0.15, -0.1) is 0 Å². The first-order valence-corrected chi connectivity index (χ1v) is 11.3. The van der Waals surface area contributed by atoms with E-state index in [0.29, 0.717) is 0 Å². The normalized spacial score (nSPS) is 12.2. The summed E-state index contributed by atoms with van der Waals surface area (Å²) in [6.07, 6.45) is 10.9. The van der Waals surface area contributed by atoms with Gasteiger partial charge in [-0.1, -0.05) is 122 Å². The summed E-state index contributed by atoms with van der Waals surface area (Å²) in [6, 6.07) is 28.5. The molecule has 0 bridgehead atoms. The number of benzene rings is 3. The molecule has 0 N–H and O–H groups in total. The highest BCUT2D eigenvalue weighted by Gasteiger charge is 2.09. The van der Waals surface area contributed by atoms with Crippen LogP contribution in [0.25, 0.3) is 17.7 Å². The van der Waals surface area contributed by atoms with Crippen molar-refractivity contribution in [2.24, 2.45) is 0 Å². The highest BCUT2D eigenvalue weighted by molar-refractivity contribution is 5.94. The standard InChI is InChI=1S/C30H34/c1-4-5-6-8-13-29(22-26-18-14-24(2)15-19-26)30(28-11-9-7-10-12-28)23-27-20-16-25(3)17-21-27/h7,9-12,14-23H,4-6,8,13H2,1-3H3/b29-22+,30-23+. The molecule has 0 heterocycles. The zero-order valence-electron chi connectivity index (χ0n) is 18.7. The van der Waals surface area contributed by atoms with Crippen LogP contribution in [0.4, 0.5) is 0 Å². The Kier molecular flexibility index (Phi) is 8.27. The van der Waals surface area contributed by atoms with Crippen molar-refractivity contribution in [2.75, 3.05) is 0 Å². The molecule has 0 nitrogen and oxygen atoms in total. The Morgan fingerprint density at radius 1 is 0.633 bits per heavy atom. The highest BCUT2D eigenvalue weighted by atomic mass is 14.1. The molecule has 0 radical (unpaired) electrons. The topological polar surface area (TPSA) is 0 Å². The lowest BCUT2D eigenvalue weighted by atomic mass is 9.90. The lowest BCUT2D eigenvalue weighted by Gasteiger charge is -2.15. The van der Waals surface area contributed by atoms with Gasteiger partial charge in [0.1, 0.15) is 0 Å². The summed E-state index contributed by atoms with van der Waals surface area (Å²) >= 11 is 0. The van der Waals surface area contributed by atoms with Gasteiger partial charge >= 0.3 is 0 Å². The van der Waals surface area contributed by atoms with Gasteiger partial charge < -0.3 is 0 Å². The average Bonchev–Trinajstić information content (AvgIpc) is 2.77. The number of aryl methyl sites for hydroxylation is 2. The third-order valence-electron chi connectivity index (χ3n) is 5.54. The molecule has 0 aliphatic carbocycles. The molecule has 0 aliphatic heterocycles. The molecule has 0 heteroatoms. The van der Waals surface area contributed by atoms with Crippen molar-refractivity contribution in [2.45, 2.75) is 52.9 Å². The molecule has 0 atom stereocenters. The zero-order chi connectivity index (χ0) is 21.2. The zero-order valence-corrected chi connectivity index (χ0v) is 18.7. The second kappa shape index (κ2) is 11.4. The van der Waals surface area contributed by atoms with Gasteiger partial charge in [0.25, 0.3) is 0 Å². The number of hydrogen-bond donors (Lipinski definition) is 0. The van der Waals surface area contributed by atoms with E-state index in [1.807, 2.05) is 0 Å². The molecule has 0 aromatic heterocycles. The number of rotatable bonds is 9. The molecule has 0 saturated carbocycles. The molecule has 0 spiro atoms. The third kappa shape index (κ3) is 6.59. The Morgan fingerprint density at radius 3 is 1.77 bits per heavy atom. The van der Waals surface area contributed by atoms with Crippen LogP contribution in [0.1, 0.15) is 66.8 Å². The van der Waals surface area contributed by atoms with Crippen LogP contribution in [0.15, 0.2) is 84.4 Å². The minimum absolute atomic E-state index is 1.10. The maximum atomic E-state index is 2.39. The van der Waals surface area contributed by atoms with Gasteiger partial charge in [0.15, 0.2) is 0 Å². The molecule has 3 rings (SSSR count). The number of hydrogen-bond acceptors (Lipinski definition) is 0. The lowest BCUT2D eigenvalue weighted by Crippen LogP contribution is -1.93. The Balaban J connectivity index is 2.04. The Bertz CT molecular complexity index is 955. The Hall–Kier alpha value is -2.86. The van der Waals surface area contributed by atoms with Crippen LogP contribution in [0, 0.1) is 13.8 Å². The molecule has 0 unspecified atom stereocenters. The molecular weight excluding hydrogens is 360 g/mol. The van der Waals surface area contributed by atoms with Crippen molar-refractivity contribution in [3.63, 3.8) is 0 Å². The first kappa shape index (κ1) is 21.8. The van der Waals surface area contributed by atoms with Gasteiger partial charge in [0, 0.05) is 0 Å². The summed E-state index contributed by atoms with van der Waals surface area (Å²) in [6.45, 7) is 6.56.